The van der Waals surface area contributed by atoms with Crippen LogP contribution in [0.1, 0.15) is 40.9 Å². The minimum absolute atomic E-state index is 0.264. The molecule has 2 aromatic rings. The molecule has 1 heterocycles. The molecule has 0 aliphatic heterocycles. The SMILES string of the molecule is CN(Cc1c(C(=O)O)sc2cccc(F)c12)C1CCCC1. The van der Waals surface area contributed by atoms with Gasteiger partial charge >= 0.3 is 5.97 Å². The Morgan fingerprint density at radius 2 is 2.14 bits per heavy atom. The first-order valence-electron chi connectivity index (χ1n) is 7.21. The van der Waals surface area contributed by atoms with E-state index >= 15 is 0 Å². The molecule has 3 rings (SSSR count). The Kier molecular flexibility index (Phi) is 3.95. The topological polar surface area (TPSA) is 40.5 Å². The maximum Gasteiger partial charge on any atom is 0.346 e. The van der Waals surface area contributed by atoms with E-state index in [9.17, 15) is 14.3 Å². The van der Waals surface area contributed by atoms with Gasteiger partial charge < -0.3 is 5.11 Å². The predicted molar refractivity (Wildman–Crippen MR) is 82.5 cm³/mol. The van der Waals surface area contributed by atoms with Gasteiger partial charge in [-0.05, 0) is 32.0 Å². The monoisotopic (exact) mass is 307 g/mol. The van der Waals surface area contributed by atoms with Gasteiger partial charge in [0.1, 0.15) is 10.7 Å². The predicted octanol–water partition coefficient (Wildman–Crippen LogP) is 4.11. The number of carboxylic acid groups (broad SMARTS) is 1. The fraction of sp³-hybridized carbons (Fsp3) is 0.438. The van der Waals surface area contributed by atoms with Crippen molar-refractivity contribution in [2.24, 2.45) is 0 Å². The van der Waals surface area contributed by atoms with Crippen LogP contribution in [0.4, 0.5) is 4.39 Å². The molecule has 3 nitrogen and oxygen atoms in total. The van der Waals surface area contributed by atoms with Crippen molar-refractivity contribution in [2.45, 2.75) is 38.3 Å². The van der Waals surface area contributed by atoms with E-state index in [4.69, 9.17) is 0 Å². The smallest absolute Gasteiger partial charge is 0.346 e. The zero-order valence-electron chi connectivity index (χ0n) is 11.9. The minimum Gasteiger partial charge on any atom is -0.477 e. The Bertz CT molecular complexity index is 676. The zero-order chi connectivity index (χ0) is 15.0. The summed E-state index contributed by atoms with van der Waals surface area (Å²) in [5.74, 6) is -1.29. The summed E-state index contributed by atoms with van der Waals surface area (Å²) in [6.45, 7) is 0.493. The average molecular weight is 307 g/mol. The fourth-order valence-corrected chi connectivity index (χ4v) is 4.28. The van der Waals surface area contributed by atoms with E-state index in [0.29, 0.717) is 28.2 Å². The van der Waals surface area contributed by atoms with Gasteiger partial charge in [-0.2, -0.15) is 0 Å². The maximum absolute atomic E-state index is 14.1. The van der Waals surface area contributed by atoms with Crippen LogP contribution in [0, 0.1) is 5.82 Å². The summed E-state index contributed by atoms with van der Waals surface area (Å²) in [6.07, 6.45) is 4.73. The van der Waals surface area contributed by atoms with Gasteiger partial charge in [0.05, 0.1) is 0 Å². The molecule has 1 aliphatic carbocycles. The molecule has 0 amide bonds. The quantitative estimate of drug-likeness (QED) is 0.924. The van der Waals surface area contributed by atoms with E-state index in [1.807, 2.05) is 7.05 Å². The van der Waals surface area contributed by atoms with Crippen LogP contribution in [-0.4, -0.2) is 29.1 Å². The lowest BCUT2D eigenvalue weighted by molar-refractivity contribution is 0.0700. The number of hydrogen-bond acceptors (Lipinski definition) is 3. The number of nitrogens with zero attached hydrogens (tertiary/aromatic N) is 1. The van der Waals surface area contributed by atoms with Crippen molar-refractivity contribution < 1.29 is 14.3 Å². The molecule has 0 atom stereocenters. The summed E-state index contributed by atoms with van der Waals surface area (Å²) < 4.78 is 14.9. The van der Waals surface area contributed by atoms with Crippen LogP contribution >= 0.6 is 11.3 Å². The van der Waals surface area contributed by atoms with Gasteiger partial charge in [-0.25, -0.2) is 9.18 Å². The molecule has 1 aromatic heterocycles. The summed E-state index contributed by atoms with van der Waals surface area (Å²) in [7, 11) is 2.01. The zero-order valence-corrected chi connectivity index (χ0v) is 12.8. The summed E-state index contributed by atoms with van der Waals surface area (Å²) in [5, 5.41) is 9.88. The van der Waals surface area contributed by atoms with Crippen molar-refractivity contribution in [1.82, 2.24) is 4.90 Å². The fourth-order valence-electron chi connectivity index (χ4n) is 3.21. The average Bonchev–Trinajstić information content (AvgIpc) is 3.07. The molecule has 0 spiro atoms. The highest BCUT2D eigenvalue weighted by Gasteiger charge is 2.25. The van der Waals surface area contributed by atoms with Gasteiger partial charge in [-0.15, -0.1) is 11.3 Å². The van der Waals surface area contributed by atoms with Crippen molar-refractivity contribution in [2.75, 3.05) is 7.05 Å². The Morgan fingerprint density at radius 1 is 1.43 bits per heavy atom. The van der Waals surface area contributed by atoms with E-state index in [2.05, 4.69) is 4.90 Å². The van der Waals surface area contributed by atoms with E-state index in [-0.39, 0.29) is 10.7 Å². The van der Waals surface area contributed by atoms with E-state index < -0.39 is 5.97 Å². The molecule has 0 bridgehead atoms. The number of benzene rings is 1. The first-order chi connectivity index (χ1) is 10.1. The molecule has 0 unspecified atom stereocenters. The summed E-state index contributed by atoms with van der Waals surface area (Å²) >= 11 is 1.16. The third-order valence-corrected chi connectivity index (χ3v) is 5.50. The Labute approximate surface area is 127 Å². The largest absolute Gasteiger partial charge is 0.477 e. The third-order valence-electron chi connectivity index (χ3n) is 4.31. The van der Waals surface area contributed by atoms with Crippen LogP contribution in [0.3, 0.4) is 0 Å². The highest BCUT2D eigenvalue weighted by molar-refractivity contribution is 7.21. The normalized spacial score (nSPS) is 16.1. The van der Waals surface area contributed by atoms with Crippen molar-refractivity contribution in [3.8, 4) is 0 Å². The molecule has 0 radical (unpaired) electrons. The van der Waals surface area contributed by atoms with E-state index in [1.54, 1.807) is 12.1 Å². The molecule has 1 aromatic carbocycles. The lowest BCUT2D eigenvalue weighted by Crippen LogP contribution is -2.29. The minimum atomic E-state index is -0.967. The van der Waals surface area contributed by atoms with Crippen LogP contribution < -0.4 is 0 Å². The molecular formula is C16H18FNO2S. The number of hydrogen-bond donors (Lipinski definition) is 1. The number of carbonyl (C=O) groups is 1. The lowest BCUT2D eigenvalue weighted by atomic mass is 10.1. The Hall–Kier alpha value is -1.46. The van der Waals surface area contributed by atoms with Gasteiger partial charge in [0, 0.05) is 28.2 Å². The first kappa shape index (κ1) is 14.5. The molecule has 0 saturated heterocycles. The van der Waals surface area contributed by atoms with Crippen molar-refractivity contribution in [3.63, 3.8) is 0 Å². The molecule has 21 heavy (non-hydrogen) atoms. The van der Waals surface area contributed by atoms with Crippen LogP contribution in [-0.2, 0) is 6.54 Å². The maximum atomic E-state index is 14.1. The van der Waals surface area contributed by atoms with Gasteiger partial charge in [-0.1, -0.05) is 18.9 Å². The molecule has 1 N–H and O–H groups in total. The van der Waals surface area contributed by atoms with Crippen LogP contribution in [0.5, 0.6) is 0 Å². The molecule has 112 valence electrons. The standard InChI is InChI=1S/C16H18FNO2S/c1-18(10-5-2-3-6-10)9-11-14-12(17)7-4-8-13(14)21-15(11)16(19)20/h4,7-8,10H,2-3,5-6,9H2,1H3,(H,19,20). The van der Waals surface area contributed by atoms with Gasteiger partial charge in [0.2, 0.25) is 0 Å². The molecular weight excluding hydrogens is 289 g/mol. The first-order valence-corrected chi connectivity index (χ1v) is 8.03. The van der Waals surface area contributed by atoms with E-state index in [0.717, 1.165) is 24.2 Å². The van der Waals surface area contributed by atoms with Crippen LogP contribution in [0.15, 0.2) is 18.2 Å². The van der Waals surface area contributed by atoms with Gasteiger partial charge in [0.15, 0.2) is 0 Å². The molecule has 5 heteroatoms. The van der Waals surface area contributed by atoms with Crippen molar-refractivity contribution in [3.05, 3.63) is 34.5 Å². The van der Waals surface area contributed by atoms with Crippen LogP contribution in [0.25, 0.3) is 10.1 Å². The molecule has 1 fully saturated rings. The van der Waals surface area contributed by atoms with Gasteiger partial charge in [-0.3, -0.25) is 4.90 Å². The second-order valence-electron chi connectivity index (χ2n) is 5.68. The molecule has 1 saturated carbocycles. The van der Waals surface area contributed by atoms with E-state index in [1.165, 1.54) is 18.9 Å². The third kappa shape index (κ3) is 2.68. The molecule has 1 aliphatic rings. The number of rotatable bonds is 4. The summed E-state index contributed by atoms with van der Waals surface area (Å²) in [6, 6.07) is 5.30. The number of carboxylic acids is 1. The van der Waals surface area contributed by atoms with Crippen LogP contribution in [0.2, 0.25) is 0 Å². The number of thiophene rings is 1. The van der Waals surface area contributed by atoms with Gasteiger partial charge in [0.25, 0.3) is 0 Å². The summed E-state index contributed by atoms with van der Waals surface area (Å²) in [4.78, 5) is 13.9. The van der Waals surface area contributed by atoms with Crippen molar-refractivity contribution in [1.29, 1.82) is 0 Å². The highest BCUT2D eigenvalue weighted by atomic mass is 32.1. The lowest BCUT2D eigenvalue weighted by Gasteiger charge is -2.24. The number of halogens is 1. The van der Waals surface area contributed by atoms with Crippen molar-refractivity contribution >= 4 is 27.4 Å². The summed E-state index contributed by atoms with van der Waals surface area (Å²) in [5.41, 5.74) is 0.620. The second kappa shape index (κ2) is 5.73. The number of aromatic carboxylic acids is 1. The second-order valence-corrected chi connectivity index (χ2v) is 6.73. The Morgan fingerprint density at radius 3 is 2.81 bits per heavy atom. The Balaban J connectivity index is 2.02. The number of fused-ring (bicyclic) bond motifs is 1. The highest BCUT2D eigenvalue weighted by Crippen LogP contribution is 2.35.